The maximum absolute atomic E-state index is 5.24. The molecule has 0 amide bonds. The number of hydrogen-bond acceptors (Lipinski definition) is 3. The molecule has 94 valence electrons. The van der Waals surface area contributed by atoms with Crippen LogP contribution in [0.1, 0.15) is 6.42 Å². The molecule has 0 aliphatic carbocycles. The smallest absolute Gasteiger partial charge is 0.119 e. The van der Waals surface area contributed by atoms with Crippen molar-refractivity contribution >= 4 is 16.5 Å². The Hall–Kier alpha value is -1.74. The van der Waals surface area contributed by atoms with Gasteiger partial charge in [0.05, 0.1) is 7.11 Å². The highest BCUT2D eigenvalue weighted by Gasteiger charge is 2.13. The first-order chi connectivity index (χ1) is 8.85. The number of fused-ring (bicyclic) bond motifs is 1. The number of ether oxygens (including phenoxy) is 1. The molecule has 1 fully saturated rings. The Labute approximate surface area is 107 Å². The Morgan fingerprint density at radius 2 is 2.00 bits per heavy atom. The molecule has 1 saturated heterocycles. The van der Waals surface area contributed by atoms with Gasteiger partial charge in [0.15, 0.2) is 0 Å². The van der Waals surface area contributed by atoms with Crippen LogP contribution in [0.2, 0.25) is 0 Å². The highest BCUT2D eigenvalue weighted by molar-refractivity contribution is 5.87. The van der Waals surface area contributed by atoms with Crippen LogP contribution >= 0.6 is 0 Å². The highest BCUT2D eigenvalue weighted by atomic mass is 16.5. The monoisotopic (exact) mass is 242 g/mol. The van der Waals surface area contributed by atoms with Gasteiger partial charge >= 0.3 is 0 Å². The standard InChI is InChI=1S/C15H18N2O/c1-18-15-5-3-11-8-13(4-2-12(11)9-15)17-14-6-7-16-10-14/h2-5,8-9,14,16-17H,6-7,10H2,1H3. The fourth-order valence-electron chi connectivity index (χ4n) is 2.45. The van der Waals surface area contributed by atoms with E-state index in [2.05, 4.69) is 41.0 Å². The third-order valence-electron chi connectivity index (χ3n) is 3.48. The second kappa shape index (κ2) is 4.86. The summed E-state index contributed by atoms with van der Waals surface area (Å²) >= 11 is 0. The molecule has 1 heterocycles. The van der Waals surface area contributed by atoms with E-state index in [0.29, 0.717) is 6.04 Å². The van der Waals surface area contributed by atoms with Crippen molar-refractivity contribution in [2.24, 2.45) is 0 Å². The normalized spacial score (nSPS) is 19.1. The van der Waals surface area contributed by atoms with E-state index in [9.17, 15) is 0 Å². The summed E-state index contributed by atoms with van der Waals surface area (Å²) in [5.41, 5.74) is 1.20. The summed E-state index contributed by atoms with van der Waals surface area (Å²) in [5, 5.41) is 9.39. The molecule has 0 saturated carbocycles. The van der Waals surface area contributed by atoms with Crippen molar-refractivity contribution in [2.75, 3.05) is 25.5 Å². The molecule has 0 spiro atoms. The third kappa shape index (κ3) is 2.27. The number of benzene rings is 2. The molecule has 1 atom stereocenters. The zero-order valence-corrected chi connectivity index (χ0v) is 10.6. The first-order valence-corrected chi connectivity index (χ1v) is 6.40. The van der Waals surface area contributed by atoms with E-state index in [1.807, 2.05) is 6.07 Å². The van der Waals surface area contributed by atoms with E-state index >= 15 is 0 Å². The Morgan fingerprint density at radius 3 is 2.78 bits per heavy atom. The molecule has 3 heteroatoms. The van der Waals surface area contributed by atoms with Crippen LogP contribution in [-0.2, 0) is 0 Å². The SMILES string of the molecule is COc1ccc2cc(NC3CCNC3)ccc2c1. The van der Waals surface area contributed by atoms with Gasteiger partial charge in [-0.15, -0.1) is 0 Å². The van der Waals surface area contributed by atoms with Crippen LogP contribution in [0, 0.1) is 0 Å². The number of nitrogens with one attached hydrogen (secondary N) is 2. The molecule has 2 N–H and O–H groups in total. The average molecular weight is 242 g/mol. The summed E-state index contributed by atoms with van der Waals surface area (Å²) in [6.45, 7) is 2.17. The molecule has 0 bridgehead atoms. The Balaban J connectivity index is 1.86. The Morgan fingerprint density at radius 1 is 1.17 bits per heavy atom. The second-order valence-electron chi connectivity index (χ2n) is 4.76. The van der Waals surface area contributed by atoms with Gasteiger partial charge in [-0.05, 0) is 48.0 Å². The van der Waals surface area contributed by atoms with Crippen LogP contribution in [0.4, 0.5) is 5.69 Å². The first-order valence-electron chi connectivity index (χ1n) is 6.40. The van der Waals surface area contributed by atoms with Crippen LogP contribution < -0.4 is 15.4 Å². The van der Waals surface area contributed by atoms with Gasteiger partial charge in [0.1, 0.15) is 5.75 Å². The minimum absolute atomic E-state index is 0.556. The average Bonchev–Trinajstić information content (AvgIpc) is 2.91. The summed E-state index contributed by atoms with van der Waals surface area (Å²) in [7, 11) is 1.70. The van der Waals surface area contributed by atoms with Crippen LogP contribution in [0.15, 0.2) is 36.4 Å². The lowest BCUT2D eigenvalue weighted by Gasteiger charge is -2.13. The summed E-state index contributed by atoms with van der Waals surface area (Å²) < 4.78 is 5.24. The molecule has 3 nitrogen and oxygen atoms in total. The number of rotatable bonds is 3. The van der Waals surface area contributed by atoms with Gasteiger partial charge in [-0.3, -0.25) is 0 Å². The summed E-state index contributed by atoms with van der Waals surface area (Å²) in [6.07, 6.45) is 1.20. The predicted octanol–water partition coefficient (Wildman–Crippen LogP) is 2.62. The molecule has 2 aromatic carbocycles. The van der Waals surface area contributed by atoms with Crippen LogP contribution in [0.3, 0.4) is 0 Å². The zero-order valence-electron chi connectivity index (χ0n) is 10.6. The maximum Gasteiger partial charge on any atom is 0.119 e. The lowest BCUT2D eigenvalue weighted by molar-refractivity contribution is 0.415. The lowest BCUT2D eigenvalue weighted by atomic mass is 10.1. The first kappa shape index (κ1) is 11.4. The molecular weight excluding hydrogens is 224 g/mol. The van der Waals surface area contributed by atoms with E-state index in [0.717, 1.165) is 18.8 Å². The fourth-order valence-corrected chi connectivity index (χ4v) is 2.45. The van der Waals surface area contributed by atoms with Crippen molar-refractivity contribution in [1.82, 2.24) is 5.32 Å². The third-order valence-corrected chi connectivity index (χ3v) is 3.48. The molecule has 1 unspecified atom stereocenters. The van der Waals surface area contributed by atoms with Gasteiger partial charge in [0.2, 0.25) is 0 Å². The molecule has 0 aromatic heterocycles. The molecular formula is C15H18N2O. The van der Waals surface area contributed by atoms with E-state index in [4.69, 9.17) is 4.74 Å². The van der Waals surface area contributed by atoms with Crippen molar-refractivity contribution in [2.45, 2.75) is 12.5 Å². The van der Waals surface area contributed by atoms with Crippen molar-refractivity contribution in [3.63, 3.8) is 0 Å². The van der Waals surface area contributed by atoms with E-state index in [1.165, 1.54) is 22.9 Å². The minimum atomic E-state index is 0.556. The van der Waals surface area contributed by atoms with Crippen LogP contribution in [0.25, 0.3) is 10.8 Å². The van der Waals surface area contributed by atoms with Crippen LogP contribution in [-0.4, -0.2) is 26.2 Å². The topological polar surface area (TPSA) is 33.3 Å². The van der Waals surface area contributed by atoms with Gasteiger partial charge in [-0.1, -0.05) is 12.1 Å². The lowest BCUT2D eigenvalue weighted by Crippen LogP contribution is -2.21. The number of methoxy groups -OCH3 is 1. The van der Waals surface area contributed by atoms with Crippen molar-refractivity contribution in [3.8, 4) is 5.75 Å². The second-order valence-corrected chi connectivity index (χ2v) is 4.76. The van der Waals surface area contributed by atoms with Crippen molar-refractivity contribution in [1.29, 1.82) is 0 Å². The fraction of sp³-hybridized carbons (Fsp3) is 0.333. The van der Waals surface area contributed by atoms with Gasteiger partial charge in [0.25, 0.3) is 0 Å². The summed E-state index contributed by atoms with van der Waals surface area (Å²) in [5.74, 6) is 0.906. The van der Waals surface area contributed by atoms with E-state index in [-0.39, 0.29) is 0 Å². The summed E-state index contributed by atoms with van der Waals surface area (Å²) in [4.78, 5) is 0. The largest absolute Gasteiger partial charge is 0.497 e. The predicted molar refractivity (Wildman–Crippen MR) is 75.4 cm³/mol. The molecule has 1 aliphatic rings. The minimum Gasteiger partial charge on any atom is -0.497 e. The quantitative estimate of drug-likeness (QED) is 0.868. The Bertz CT molecular complexity index is 547. The van der Waals surface area contributed by atoms with Gasteiger partial charge in [0, 0.05) is 18.3 Å². The molecule has 0 radical (unpaired) electrons. The Kier molecular flexibility index (Phi) is 3.07. The molecule has 18 heavy (non-hydrogen) atoms. The maximum atomic E-state index is 5.24. The van der Waals surface area contributed by atoms with E-state index in [1.54, 1.807) is 7.11 Å². The highest BCUT2D eigenvalue weighted by Crippen LogP contribution is 2.24. The van der Waals surface area contributed by atoms with E-state index < -0.39 is 0 Å². The number of hydrogen-bond donors (Lipinski definition) is 2. The molecule has 1 aliphatic heterocycles. The van der Waals surface area contributed by atoms with Crippen molar-refractivity contribution < 1.29 is 4.74 Å². The van der Waals surface area contributed by atoms with Gasteiger partial charge in [-0.25, -0.2) is 0 Å². The summed E-state index contributed by atoms with van der Waals surface area (Å²) in [6, 6.07) is 13.2. The molecule has 3 rings (SSSR count). The molecule has 2 aromatic rings. The van der Waals surface area contributed by atoms with Crippen LogP contribution in [0.5, 0.6) is 5.75 Å². The van der Waals surface area contributed by atoms with Crippen molar-refractivity contribution in [3.05, 3.63) is 36.4 Å². The van der Waals surface area contributed by atoms with Gasteiger partial charge in [-0.2, -0.15) is 0 Å². The number of anilines is 1. The zero-order chi connectivity index (χ0) is 12.4. The van der Waals surface area contributed by atoms with Gasteiger partial charge < -0.3 is 15.4 Å².